The summed E-state index contributed by atoms with van der Waals surface area (Å²) in [6.45, 7) is 1.31. The van der Waals surface area contributed by atoms with Crippen molar-refractivity contribution in [2.24, 2.45) is 5.10 Å². The van der Waals surface area contributed by atoms with Crippen molar-refractivity contribution in [3.8, 4) is 28.6 Å². The zero-order valence-electron chi connectivity index (χ0n) is 19.9. The molecule has 0 saturated carbocycles. The number of methoxy groups -OCH3 is 1. The molecule has 4 rings (SSSR count). The van der Waals surface area contributed by atoms with Gasteiger partial charge in [-0.15, -0.1) is 10.2 Å². The highest BCUT2D eigenvalue weighted by Crippen LogP contribution is 2.29. The molecular formula is C26H22ClN5O4S. The van der Waals surface area contributed by atoms with Crippen LogP contribution in [0, 0.1) is 0 Å². The largest absolute Gasteiger partial charge is 0.493 e. The SMILES string of the molecule is COc1cc(/C=N\NC(=O)CSc2nnc(-c3ccccc3)n2-c2ccc(Cl)cc2)ccc1OC(C)=O. The Hall–Kier alpha value is -4.15. The normalized spacial score (nSPS) is 10.9. The predicted molar refractivity (Wildman–Crippen MR) is 143 cm³/mol. The summed E-state index contributed by atoms with van der Waals surface area (Å²) in [5.74, 6) is 0.606. The zero-order chi connectivity index (χ0) is 26.2. The van der Waals surface area contributed by atoms with Gasteiger partial charge in [-0.25, -0.2) is 5.43 Å². The number of hydrazone groups is 1. The molecule has 188 valence electrons. The van der Waals surface area contributed by atoms with Crippen molar-refractivity contribution < 1.29 is 19.1 Å². The minimum atomic E-state index is -0.452. The maximum absolute atomic E-state index is 12.5. The molecule has 0 radical (unpaired) electrons. The Balaban J connectivity index is 1.45. The van der Waals surface area contributed by atoms with Crippen LogP contribution < -0.4 is 14.9 Å². The van der Waals surface area contributed by atoms with E-state index in [1.54, 1.807) is 30.3 Å². The number of rotatable bonds is 9. The Kier molecular flexibility index (Phi) is 8.55. The van der Waals surface area contributed by atoms with E-state index in [0.717, 1.165) is 11.3 Å². The third kappa shape index (κ3) is 6.75. The van der Waals surface area contributed by atoms with E-state index in [9.17, 15) is 9.59 Å². The van der Waals surface area contributed by atoms with Crippen LogP contribution in [0.25, 0.3) is 17.1 Å². The lowest BCUT2D eigenvalue weighted by atomic mass is 10.2. The summed E-state index contributed by atoms with van der Waals surface area (Å²) in [7, 11) is 1.47. The van der Waals surface area contributed by atoms with Crippen LogP contribution in [-0.2, 0) is 9.59 Å². The van der Waals surface area contributed by atoms with Crippen LogP contribution in [0.15, 0.2) is 83.1 Å². The Morgan fingerprint density at radius 1 is 1.05 bits per heavy atom. The number of thioether (sulfide) groups is 1. The molecule has 0 unspecified atom stereocenters. The summed E-state index contributed by atoms with van der Waals surface area (Å²) in [4.78, 5) is 23.7. The number of carbonyl (C=O) groups is 2. The number of halogens is 1. The van der Waals surface area contributed by atoms with Crippen molar-refractivity contribution >= 4 is 41.5 Å². The first-order valence-corrected chi connectivity index (χ1v) is 12.4. The number of hydrogen-bond donors (Lipinski definition) is 1. The van der Waals surface area contributed by atoms with E-state index in [1.165, 1.54) is 32.0 Å². The molecule has 0 aliphatic rings. The Labute approximate surface area is 222 Å². The molecule has 0 fully saturated rings. The second-order valence-electron chi connectivity index (χ2n) is 7.57. The summed E-state index contributed by atoms with van der Waals surface area (Å²) in [5.41, 5.74) is 4.86. The summed E-state index contributed by atoms with van der Waals surface area (Å²) in [6.07, 6.45) is 1.46. The first-order chi connectivity index (χ1) is 17.9. The smallest absolute Gasteiger partial charge is 0.308 e. The minimum Gasteiger partial charge on any atom is -0.493 e. The molecule has 0 atom stereocenters. The maximum Gasteiger partial charge on any atom is 0.308 e. The molecule has 0 aliphatic heterocycles. The standard InChI is InChI=1S/C26H22ClN5O4S/c1-17(33)36-22-13-8-18(14-23(22)35-2)15-28-29-24(34)16-37-26-31-30-25(19-6-4-3-5-7-19)32(26)21-11-9-20(27)10-12-21/h3-15H,16H2,1-2H3,(H,29,34)/b28-15-. The topological polar surface area (TPSA) is 108 Å². The molecular weight excluding hydrogens is 514 g/mol. The number of ether oxygens (including phenoxy) is 2. The number of nitrogens with one attached hydrogen (secondary N) is 1. The van der Waals surface area contributed by atoms with Gasteiger partial charge < -0.3 is 9.47 Å². The van der Waals surface area contributed by atoms with Gasteiger partial charge in [-0.2, -0.15) is 5.10 Å². The number of carbonyl (C=O) groups excluding carboxylic acids is 2. The van der Waals surface area contributed by atoms with Gasteiger partial charge in [0.25, 0.3) is 5.91 Å². The summed E-state index contributed by atoms with van der Waals surface area (Å²) < 4.78 is 12.2. The molecule has 0 saturated heterocycles. The van der Waals surface area contributed by atoms with Crippen molar-refractivity contribution in [2.45, 2.75) is 12.1 Å². The van der Waals surface area contributed by atoms with Crippen molar-refractivity contribution in [1.29, 1.82) is 0 Å². The maximum atomic E-state index is 12.5. The van der Waals surface area contributed by atoms with Gasteiger partial charge in [0.2, 0.25) is 0 Å². The number of hydrogen-bond acceptors (Lipinski definition) is 8. The van der Waals surface area contributed by atoms with Crippen molar-refractivity contribution in [1.82, 2.24) is 20.2 Å². The molecule has 9 nitrogen and oxygen atoms in total. The predicted octanol–water partition coefficient (Wildman–Crippen LogP) is 4.76. The molecule has 3 aromatic carbocycles. The summed E-state index contributed by atoms with van der Waals surface area (Å²) in [6, 6.07) is 21.9. The molecule has 0 aliphatic carbocycles. The average molecular weight is 536 g/mol. The minimum absolute atomic E-state index is 0.0621. The van der Waals surface area contributed by atoms with Gasteiger partial charge in [-0.1, -0.05) is 53.7 Å². The highest BCUT2D eigenvalue weighted by Gasteiger charge is 2.17. The summed E-state index contributed by atoms with van der Waals surface area (Å²) in [5, 5.41) is 13.8. The average Bonchev–Trinajstić information content (AvgIpc) is 3.33. The highest BCUT2D eigenvalue weighted by atomic mass is 35.5. The van der Waals surface area contributed by atoms with E-state index in [1.807, 2.05) is 47.0 Å². The van der Waals surface area contributed by atoms with Gasteiger partial charge in [0.05, 0.1) is 19.1 Å². The molecule has 11 heteroatoms. The first-order valence-electron chi connectivity index (χ1n) is 11.0. The van der Waals surface area contributed by atoms with Gasteiger partial charge in [0, 0.05) is 23.2 Å². The van der Waals surface area contributed by atoms with Gasteiger partial charge >= 0.3 is 5.97 Å². The summed E-state index contributed by atoms with van der Waals surface area (Å²) >= 11 is 7.30. The fourth-order valence-electron chi connectivity index (χ4n) is 3.31. The van der Waals surface area contributed by atoms with Crippen molar-refractivity contribution in [3.63, 3.8) is 0 Å². The Morgan fingerprint density at radius 3 is 2.51 bits per heavy atom. The van der Waals surface area contributed by atoms with Gasteiger partial charge in [-0.05, 0) is 48.0 Å². The van der Waals surface area contributed by atoms with E-state index < -0.39 is 5.97 Å². The molecule has 0 spiro atoms. The highest BCUT2D eigenvalue weighted by molar-refractivity contribution is 7.99. The molecule has 1 amide bonds. The van der Waals surface area contributed by atoms with Crippen LogP contribution in [0.5, 0.6) is 11.5 Å². The Bertz CT molecular complexity index is 1420. The third-order valence-corrected chi connectivity index (χ3v) is 6.11. The lowest BCUT2D eigenvalue weighted by Gasteiger charge is -2.10. The van der Waals surface area contributed by atoms with Crippen LogP contribution >= 0.6 is 23.4 Å². The van der Waals surface area contributed by atoms with Gasteiger partial charge in [0.15, 0.2) is 22.5 Å². The van der Waals surface area contributed by atoms with Crippen molar-refractivity contribution in [2.75, 3.05) is 12.9 Å². The zero-order valence-corrected chi connectivity index (χ0v) is 21.5. The van der Waals surface area contributed by atoms with Gasteiger partial charge in [0.1, 0.15) is 0 Å². The fourth-order valence-corrected chi connectivity index (χ4v) is 4.18. The van der Waals surface area contributed by atoms with Crippen LogP contribution in [0.4, 0.5) is 0 Å². The molecule has 1 heterocycles. The van der Waals surface area contributed by atoms with Crippen LogP contribution in [0.2, 0.25) is 5.02 Å². The second kappa shape index (κ2) is 12.2. The van der Waals surface area contributed by atoms with Crippen LogP contribution in [-0.4, -0.2) is 45.7 Å². The lowest BCUT2D eigenvalue weighted by molar-refractivity contribution is -0.132. The van der Waals surface area contributed by atoms with E-state index in [2.05, 4.69) is 20.7 Å². The third-order valence-electron chi connectivity index (χ3n) is 4.93. The fraction of sp³-hybridized carbons (Fsp3) is 0.115. The van der Waals surface area contributed by atoms with Crippen LogP contribution in [0.3, 0.4) is 0 Å². The molecule has 1 aromatic heterocycles. The Morgan fingerprint density at radius 2 is 1.81 bits per heavy atom. The number of amides is 1. The molecule has 4 aromatic rings. The number of esters is 1. The van der Waals surface area contributed by atoms with E-state index in [0.29, 0.717) is 33.1 Å². The molecule has 37 heavy (non-hydrogen) atoms. The van der Waals surface area contributed by atoms with E-state index in [-0.39, 0.29) is 11.7 Å². The monoisotopic (exact) mass is 535 g/mol. The number of benzene rings is 3. The number of nitrogens with zero attached hydrogens (tertiary/aromatic N) is 4. The molecule has 1 N–H and O–H groups in total. The van der Waals surface area contributed by atoms with E-state index >= 15 is 0 Å². The van der Waals surface area contributed by atoms with Gasteiger partial charge in [-0.3, -0.25) is 14.2 Å². The first kappa shape index (κ1) is 25.9. The van der Waals surface area contributed by atoms with Crippen LogP contribution in [0.1, 0.15) is 12.5 Å². The lowest BCUT2D eigenvalue weighted by Crippen LogP contribution is -2.20. The quantitative estimate of drug-likeness (QED) is 0.108. The van der Waals surface area contributed by atoms with E-state index in [4.69, 9.17) is 21.1 Å². The number of aromatic nitrogens is 3. The second-order valence-corrected chi connectivity index (χ2v) is 8.95. The molecule has 0 bridgehead atoms. The van der Waals surface area contributed by atoms with Crippen molar-refractivity contribution in [3.05, 3.63) is 83.4 Å².